The van der Waals surface area contributed by atoms with Crippen molar-refractivity contribution in [3.63, 3.8) is 0 Å². The number of aromatic nitrogens is 3. The lowest BCUT2D eigenvalue weighted by Crippen LogP contribution is -2.05. The highest BCUT2D eigenvalue weighted by Gasteiger charge is 2.06. The van der Waals surface area contributed by atoms with Crippen molar-refractivity contribution >= 4 is 34.2 Å². The molecule has 6 heteroatoms. The van der Waals surface area contributed by atoms with Gasteiger partial charge in [0.25, 0.3) is 0 Å². The average molecular weight is 232 g/mol. The van der Waals surface area contributed by atoms with Gasteiger partial charge in [0, 0.05) is 0 Å². The molecule has 0 unspecified atom stereocenters. The second-order valence-corrected chi connectivity index (χ2v) is 3.59. The summed E-state index contributed by atoms with van der Waals surface area (Å²) in [5.74, 6) is 0. The van der Waals surface area contributed by atoms with Gasteiger partial charge in [-0.2, -0.15) is 15.0 Å². The van der Waals surface area contributed by atoms with E-state index in [1.807, 2.05) is 0 Å². The lowest BCUT2D eigenvalue weighted by molar-refractivity contribution is 0.261. The Morgan fingerprint density at radius 1 is 1.14 bits per heavy atom. The minimum absolute atomic E-state index is 0.00243. The molecule has 0 radical (unpaired) electrons. The normalized spacial score (nSPS) is 11.1. The van der Waals surface area contributed by atoms with E-state index in [9.17, 15) is 0 Å². The van der Waals surface area contributed by atoms with Gasteiger partial charge in [-0.25, -0.2) is 0 Å². The highest BCUT2D eigenvalue weighted by Crippen LogP contribution is 2.25. The fraction of sp³-hybridized carbons (Fsp3) is 0.250. The van der Waals surface area contributed by atoms with Crippen molar-refractivity contribution in [2.24, 2.45) is 0 Å². The molecule has 0 fully saturated rings. The first-order valence-corrected chi connectivity index (χ1v) is 4.77. The van der Waals surface area contributed by atoms with Gasteiger partial charge >= 0.3 is 0 Å². The number of benzene rings is 1. The molecule has 1 heterocycles. The summed E-state index contributed by atoms with van der Waals surface area (Å²) in [6, 6.07) is 3.31. The van der Waals surface area contributed by atoms with Crippen LogP contribution in [-0.4, -0.2) is 26.7 Å². The van der Waals surface area contributed by atoms with Gasteiger partial charge in [-0.1, -0.05) is 23.2 Å². The second-order valence-electron chi connectivity index (χ2n) is 2.77. The Morgan fingerprint density at radius 2 is 1.64 bits per heavy atom. The fourth-order valence-corrected chi connectivity index (χ4v) is 1.46. The molecule has 0 bridgehead atoms. The standard InChI is InChI=1S/C8H7Cl2N3O/c9-5-3-7-8(4-6(5)10)12-13(11-7)1-2-14/h3-4,14H,1-2H2. The molecule has 1 aromatic heterocycles. The number of halogens is 2. The molecule has 0 saturated heterocycles. The van der Waals surface area contributed by atoms with Crippen molar-refractivity contribution in [2.75, 3.05) is 6.61 Å². The van der Waals surface area contributed by atoms with Crippen molar-refractivity contribution < 1.29 is 5.11 Å². The molecule has 2 aromatic rings. The average Bonchev–Trinajstić information content (AvgIpc) is 2.48. The minimum Gasteiger partial charge on any atom is -0.394 e. The third kappa shape index (κ3) is 1.68. The van der Waals surface area contributed by atoms with Gasteiger partial charge in [-0.15, -0.1) is 0 Å². The highest BCUT2D eigenvalue weighted by molar-refractivity contribution is 6.42. The van der Waals surface area contributed by atoms with Gasteiger partial charge in [-0.05, 0) is 12.1 Å². The number of rotatable bonds is 2. The minimum atomic E-state index is 0.00243. The van der Waals surface area contributed by atoms with E-state index < -0.39 is 0 Å². The van der Waals surface area contributed by atoms with Gasteiger partial charge in [0.15, 0.2) is 0 Å². The zero-order valence-electron chi connectivity index (χ0n) is 7.11. The van der Waals surface area contributed by atoms with E-state index in [-0.39, 0.29) is 6.61 Å². The highest BCUT2D eigenvalue weighted by atomic mass is 35.5. The molecule has 0 aliphatic heterocycles. The zero-order chi connectivity index (χ0) is 10.1. The third-order valence-electron chi connectivity index (χ3n) is 1.76. The largest absolute Gasteiger partial charge is 0.394 e. The molecule has 0 spiro atoms. The Balaban J connectivity index is 2.54. The van der Waals surface area contributed by atoms with Crippen molar-refractivity contribution in [1.82, 2.24) is 15.0 Å². The van der Waals surface area contributed by atoms with Crippen LogP contribution < -0.4 is 0 Å². The van der Waals surface area contributed by atoms with Crippen molar-refractivity contribution in [2.45, 2.75) is 6.54 Å². The lowest BCUT2D eigenvalue weighted by atomic mass is 10.3. The Bertz CT molecular complexity index is 430. The summed E-state index contributed by atoms with van der Waals surface area (Å²) in [6.45, 7) is 0.367. The number of hydrogen-bond acceptors (Lipinski definition) is 3. The summed E-state index contributed by atoms with van der Waals surface area (Å²) in [5.41, 5.74) is 1.35. The fourth-order valence-electron chi connectivity index (χ4n) is 1.15. The molecule has 74 valence electrons. The Kier molecular flexibility index (Phi) is 2.58. The molecule has 0 amide bonds. The van der Waals surface area contributed by atoms with E-state index in [4.69, 9.17) is 28.3 Å². The lowest BCUT2D eigenvalue weighted by Gasteiger charge is -1.91. The summed E-state index contributed by atoms with van der Waals surface area (Å²) in [7, 11) is 0. The number of aliphatic hydroxyl groups is 1. The van der Waals surface area contributed by atoms with E-state index in [0.29, 0.717) is 27.6 Å². The SMILES string of the molecule is OCCn1nc2cc(Cl)c(Cl)cc2n1. The first kappa shape index (κ1) is 9.71. The molecule has 0 saturated carbocycles. The van der Waals surface area contributed by atoms with Crippen LogP contribution in [0.25, 0.3) is 11.0 Å². The molecule has 1 aromatic carbocycles. The van der Waals surface area contributed by atoms with Crippen LogP contribution in [0.2, 0.25) is 10.0 Å². The summed E-state index contributed by atoms with van der Waals surface area (Å²) in [5, 5.41) is 17.8. The Hall–Kier alpha value is -0.840. The van der Waals surface area contributed by atoms with Crippen LogP contribution in [0.5, 0.6) is 0 Å². The molecule has 0 aliphatic carbocycles. The van der Waals surface area contributed by atoms with Crippen molar-refractivity contribution in [3.05, 3.63) is 22.2 Å². The second kappa shape index (κ2) is 3.73. The van der Waals surface area contributed by atoms with E-state index >= 15 is 0 Å². The maximum Gasteiger partial charge on any atom is 0.114 e. The van der Waals surface area contributed by atoms with Crippen molar-refractivity contribution in [3.8, 4) is 0 Å². The van der Waals surface area contributed by atoms with Gasteiger partial charge in [0.05, 0.1) is 23.2 Å². The van der Waals surface area contributed by atoms with Crippen LogP contribution in [0, 0.1) is 0 Å². The molecular formula is C8H7Cl2N3O. The monoisotopic (exact) mass is 231 g/mol. The molecule has 2 rings (SSSR count). The number of hydrogen-bond donors (Lipinski definition) is 1. The van der Waals surface area contributed by atoms with Gasteiger partial charge in [0.2, 0.25) is 0 Å². The van der Waals surface area contributed by atoms with E-state index in [1.165, 1.54) is 4.80 Å². The van der Waals surface area contributed by atoms with E-state index in [2.05, 4.69) is 10.2 Å². The molecule has 0 aliphatic rings. The van der Waals surface area contributed by atoms with Crippen LogP contribution in [0.4, 0.5) is 0 Å². The maximum absolute atomic E-state index is 8.70. The first-order valence-electron chi connectivity index (χ1n) is 4.01. The quantitative estimate of drug-likeness (QED) is 0.857. The summed E-state index contributed by atoms with van der Waals surface area (Å²) in [6.07, 6.45) is 0. The van der Waals surface area contributed by atoms with Gasteiger partial charge < -0.3 is 5.11 Å². The Morgan fingerprint density at radius 3 is 2.07 bits per heavy atom. The molecular weight excluding hydrogens is 225 g/mol. The number of nitrogens with zero attached hydrogens (tertiary/aromatic N) is 3. The number of aliphatic hydroxyl groups excluding tert-OH is 1. The third-order valence-corrected chi connectivity index (χ3v) is 2.49. The summed E-state index contributed by atoms with van der Waals surface area (Å²) >= 11 is 11.6. The molecule has 1 N–H and O–H groups in total. The van der Waals surface area contributed by atoms with Gasteiger partial charge in [0.1, 0.15) is 11.0 Å². The van der Waals surface area contributed by atoms with Crippen LogP contribution in [0.1, 0.15) is 0 Å². The van der Waals surface area contributed by atoms with Crippen molar-refractivity contribution in [1.29, 1.82) is 0 Å². The molecule has 14 heavy (non-hydrogen) atoms. The van der Waals surface area contributed by atoms with Gasteiger partial charge in [-0.3, -0.25) is 0 Å². The molecule has 4 nitrogen and oxygen atoms in total. The Labute approximate surface area is 90.0 Å². The van der Waals surface area contributed by atoms with Crippen LogP contribution in [-0.2, 0) is 6.54 Å². The predicted molar refractivity (Wildman–Crippen MR) is 54.6 cm³/mol. The predicted octanol–water partition coefficient (Wildman–Crippen LogP) is 1.73. The van der Waals surface area contributed by atoms with Crippen LogP contribution >= 0.6 is 23.2 Å². The zero-order valence-corrected chi connectivity index (χ0v) is 8.63. The maximum atomic E-state index is 8.70. The molecule has 0 atom stereocenters. The van der Waals surface area contributed by atoms with E-state index in [0.717, 1.165) is 0 Å². The van der Waals surface area contributed by atoms with E-state index in [1.54, 1.807) is 12.1 Å². The topological polar surface area (TPSA) is 50.9 Å². The smallest absolute Gasteiger partial charge is 0.114 e. The summed E-state index contributed by atoms with van der Waals surface area (Å²) < 4.78 is 0. The first-order chi connectivity index (χ1) is 6.70. The van der Waals surface area contributed by atoms with Crippen LogP contribution in [0.15, 0.2) is 12.1 Å². The summed E-state index contributed by atoms with van der Waals surface area (Å²) in [4.78, 5) is 1.41. The van der Waals surface area contributed by atoms with Crippen LogP contribution in [0.3, 0.4) is 0 Å². The number of fused-ring (bicyclic) bond motifs is 1.